The van der Waals surface area contributed by atoms with E-state index in [0.717, 1.165) is 23.4 Å². The van der Waals surface area contributed by atoms with E-state index in [0.29, 0.717) is 5.13 Å². The number of nitrogens with zero attached hydrogens (tertiary/aromatic N) is 1. The molecule has 4 saturated carbocycles. The van der Waals surface area contributed by atoms with E-state index in [1.165, 1.54) is 74.1 Å². The summed E-state index contributed by atoms with van der Waals surface area (Å²) in [5.41, 5.74) is 1.24. The summed E-state index contributed by atoms with van der Waals surface area (Å²) in [5, 5.41) is 11.4. The highest BCUT2D eigenvalue weighted by atomic mass is 32.2. The maximum atomic E-state index is 12.6. The molecular formula is C20H22N2O4S2. The number of aromatic nitrogens is 1. The van der Waals surface area contributed by atoms with Gasteiger partial charge in [0.05, 0.1) is 16.2 Å². The van der Waals surface area contributed by atoms with Gasteiger partial charge in [-0.2, -0.15) is 0 Å². The first-order chi connectivity index (χ1) is 13.3. The molecule has 0 atom stereocenters. The van der Waals surface area contributed by atoms with E-state index in [-0.39, 0.29) is 15.9 Å². The molecule has 0 spiro atoms. The lowest BCUT2D eigenvalue weighted by Crippen LogP contribution is -2.48. The SMILES string of the molecule is O=C(O)c1ccc(S(=O)(=O)Nc2nc(C34CC5CC(CC(C5)C3)C4)cs2)cc1. The third kappa shape index (κ3) is 3.03. The van der Waals surface area contributed by atoms with Crippen LogP contribution in [0.25, 0.3) is 0 Å². The predicted octanol–water partition coefficient (Wildman–Crippen LogP) is 4.11. The van der Waals surface area contributed by atoms with Gasteiger partial charge in [-0.3, -0.25) is 4.72 Å². The van der Waals surface area contributed by atoms with Gasteiger partial charge in [0.2, 0.25) is 0 Å². The minimum Gasteiger partial charge on any atom is -0.478 e. The van der Waals surface area contributed by atoms with Crippen LogP contribution in [0.5, 0.6) is 0 Å². The van der Waals surface area contributed by atoms with Gasteiger partial charge in [0, 0.05) is 10.8 Å². The van der Waals surface area contributed by atoms with E-state index in [1.807, 2.05) is 5.38 Å². The zero-order chi connectivity index (χ0) is 19.5. The molecule has 1 aromatic carbocycles. The lowest BCUT2D eigenvalue weighted by atomic mass is 9.49. The maximum absolute atomic E-state index is 12.6. The van der Waals surface area contributed by atoms with Crippen LogP contribution in [0, 0.1) is 17.8 Å². The highest BCUT2D eigenvalue weighted by Crippen LogP contribution is 2.60. The van der Waals surface area contributed by atoms with Crippen LogP contribution in [0.15, 0.2) is 34.5 Å². The van der Waals surface area contributed by atoms with Crippen molar-refractivity contribution in [2.45, 2.75) is 48.8 Å². The van der Waals surface area contributed by atoms with Crippen molar-refractivity contribution in [1.82, 2.24) is 4.98 Å². The number of hydrogen-bond acceptors (Lipinski definition) is 5. The molecule has 4 aliphatic rings. The molecule has 2 N–H and O–H groups in total. The minimum atomic E-state index is -3.79. The number of aromatic carboxylic acids is 1. The molecule has 0 unspecified atom stereocenters. The maximum Gasteiger partial charge on any atom is 0.335 e. The number of carboxylic acid groups (broad SMARTS) is 1. The Morgan fingerprint density at radius 3 is 2.18 bits per heavy atom. The van der Waals surface area contributed by atoms with Crippen molar-refractivity contribution < 1.29 is 18.3 Å². The van der Waals surface area contributed by atoms with Gasteiger partial charge >= 0.3 is 5.97 Å². The number of anilines is 1. The van der Waals surface area contributed by atoms with Gasteiger partial charge in [0.25, 0.3) is 10.0 Å². The Balaban J connectivity index is 1.37. The third-order valence-corrected chi connectivity index (χ3v) is 8.96. The summed E-state index contributed by atoms with van der Waals surface area (Å²) in [6.07, 6.45) is 7.63. The van der Waals surface area contributed by atoms with Gasteiger partial charge in [-0.25, -0.2) is 18.2 Å². The number of sulfonamides is 1. The second kappa shape index (κ2) is 6.29. The van der Waals surface area contributed by atoms with E-state index in [1.54, 1.807) is 0 Å². The first kappa shape index (κ1) is 18.1. The first-order valence-corrected chi connectivity index (χ1v) is 12.0. The minimum absolute atomic E-state index is 0.0315. The number of rotatable bonds is 5. The van der Waals surface area contributed by atoms with Crippen LogP contribution in [0.1, 0.15) is 54.6 Å². The monoisotopic (exact) mass is 418 g/mol. The van der Waals surface area contributed by atoms with Crippen LogP contribution < -0.4 is 4.72 Å². The van der Waals surface area contributed by atoms with Gasteiger partial charge in [0.15, 0.2) is 5.13 Å². The highest BCUT2D eigenvalue weighted by Gasteiger charge is 2.52. The molecule has 4 aliphatic carbocycles. The Kier molecular flexibility index (Phi) is 4.07. The second-order valence-electron chi connectivity index (χ2n) is 8.67. The van der Waals surface area contributed by atoms with Crippen LogP contribution >= 0.6 is 11.3 Å². The molecule has 6 nitrogen and oxygen atoms in total. The fourth-order valence-corrected chi connectivity index (χ4v) is 8.03. The average Bonchev–Trinajstić information content (AvgIpc) is 3.09. The Hall–Kier alpha value is -1.93. The van der Waals surface area contributed by atoms with Crippen LogP contribution in [0.3, 0.4) is 0 Å². The largest absolute Gasteiger partial charge is 0.478 e. The van der Waals surface area contributed by atoms with E-state index in [4.69, 9.17) is 10.1 Å². The molecule has 4 fully saturated rings. The summed E-state index contributed by atoms with van der Waals surface area (Å²) in [7, 11) is -3.79. The molecular weight excluding hydrogens is 396 g/mol. The Bertz CT molecular complexity index is 991. The van der Waals surface area contributed by atoms with E-state index >= 15 is 0 Å². The zero-order valence-corrected chi connectivity index (χ0v) is 16.9. The molecule has 0 amide bonds. The van der Waals surface area contributed by atoms with Gasteiger partial charge in [-0.05, 0) is 80.5 Å². The van der Waals surface area contributed by atoms with Crippen molar-refractivity contribution in [1.29, 1.82) is 0 Å². The van der Waals surface area contributed by atoms with Crippen molar-refractivity contribution in [3.63, 3.8) is 0 Å². The van der Waals surface area contributed by atoms with Crippen molar-refractivity contribution in [2.24, 2.45) is 17.8 Å². The topological polar surface area (TPSA) is 96.4 Å². The molecule has 6 rings (SSSR count). The van der Waals surface area contributed by atoms with E-state index < -0.39 is 16.0 Å². The Labute approximate surface area is 168 Å². The molecule has 8 heteroatoms. The molecule has 1 heterocycles. The zero-order valence-electron chi connectivity index (χ0n) is 15.3. The molecule has 28 heavy (non-hydrogen) atoms. The summed E-state index contributed by atoms with van der Waals surface area (Å²) >= 11 is 1.33. The number of benzene rings is 1. The molecule has 1 aromatic heterocycles. The summed E-state index contributed by atoms with van der Waals surface area (Å²) in [6, 6.07) is 5.19. The summed E-state index contributed by atoms with van der Waals surface area (Å²) in [6.45, 7) is 0. The van der Waals surface area contributed by atoms with E-state index in [9.17, 15) is 13.2 Å². The number of carbonyl (C=O) groups is 1. The smallest absolute Gasteiger partial charge is 0.335 e. The lowest BCUT2D eigenvalue weighted by Gasteiger charge is -2.56. The van der Waals surface area contributed by atoms with Gasteiger partial charge in [-0.1, -0.05) is 0 Å². The van der Waals surface area contributed by atoms with E-state index in [2.05, 4.69) is 4.72 Å². The Morgan fingerprint density at radius 1 is 1.07 bits per heavy atom. The molecule has 2 aromatic rings. The molecule has 4 bridgehead atoms. The third-order valence-electron chi connectivity index (χ3n) is 6.72. The van der Waals surface area contributed by atoms with Crippen LogP contribution in [-0.2, 0) is 15.4 Å². The van der Waals surface area contributed by atoms with Crippen molar-refractivity contribution in [3.8, 4) is 0 Å². The number of carboxylic acids is 1. The summed E-state index contributed by atoms with van der Waals surface area (Å²) in [5.74, 6) is 1.33. The lowest BCUT2D eigenvalue weighted by molar-refractivity contribution is -0.00688. The summed E-state index contributed by atoms with van der Waals surface area (Å²) < 4.78 is 27.9. The summed E-state index contributed by atoms with van der Waals surface area (Å²) in [4.78, 5) is 15.7. The first-order valence-electron chi connectivity index (χ1n) is 9.65. The second-order valence-corrected chi connectivity index (χ2v) is 11.2. The van der Waals surface area contributed by atoms with Crippen molar-refractivity contribution in [2.75, 3.05) is 4.72 Å². The van der Waals surface area contributed by atoms with Crippen LogP contribution in [0.4, 0.5) is 5.13 Å². The normalized spacial score (nSPS) is 31.1. The molecule has 0 saturated heterocycles. The number of hydrogen-bond donors (Lipinski definition) is 2. The van der Waals surface area contributed by atoms with Crippen LogP contribution in [0.2, 0.25) is 0 Å². The van der Waals surface area contributed by atoms with Gasteiger partial charge < -0.3 is 5.11 Å². The molecule has 0 radical (unpaired) electrons. The highest BCUT2D eigenvalue weighted by molar-refractivity contribution is 7.93. The standard InChI is InChI=1S/C20H22N2O4S2/c23-18(24)15-1-3-16(4-2-15)28(25,26)22-19-21-17(11-27-19)20-8-12-5-13(9-20)7-14(6-12)10-20/h1-4,11-14H,5-10H2,(H,21,22)(H,23,24). The quantitative estimate of drug-likeness (QED) is 0.762. The predicted molar refractivity (Wildman–Crippen MR) is 106 cm³/mol. The number of nitrogens with one attached hydrogen (secondary N) is 1. The molecule has 148 valence electrons. The molecule has 0 aliphatic heterocycles. The van der Waals surface area contributed by atoms with Crippen molar-refractivity contribution in [3.05, 3.63) is 40.9 Å². The average molecular weight is 419 g/mol. The van der Waals surface area contributed by atoms with Crippen molar-refractivity contribution >= 4 is 32.5 Å². The fourth-order valence-electron chi connectivity index (χ4n) is 5.94. The fraction of sp³-hybridized carbons (Fsp3) is 0.500. The van der Waals surface area contributed by atoms with Gasteiger partial charge in [-0.15, -0.1) is 11.3 Å². The Morgan fingerprint density at radius 2 is 1.64 bits per heavy atom. The van der Waals surface area contributed by atoms with Crippen LogP contribution in [-0.4, -0.2) is 24.5 Å². The van der Waals surface area contributed by atoms with Gasteiger partial charge in [0.1, 0.15) is 0 Å². The number of thiazole rings is 1.